The van der Waals surface area contributed by atoms with Crippen LogP contribution >= 0.6 is 12.4 Å². The number of nitrogens with zero attached hydrogens (tertiary/aromatic N) is 2. The van der Waals surface area contributed by atoms with E-state index in [1.165, 1.54) is 0 Å². The SMILES string of the molecule is COc1cc2nc(-c3cc(C)c(OCCO)c(C)c3)[nH]c(=O)c2c(OC)c1CN1CCOCC1.Cl. The number of nitrogens with one attached hydrogen (secondary N) is 1. The molecule has 1 aromatic heterocycles. The highest BCUT2D eigenvalue weighted by Gasteiger charge is 2.23. The molecule has 1 saturated heterocycles. The van der Waals surface area contributed by atoms with Crippen LogP contribution in [0.5, 0.6) is 17.2 Å². The molecule has 35 heavy (non-hydrogen) atoms. The van der Waals surface area contributed by atoms with Gasteiger partial charge in [-0.3, -0.25) is 9.69 Å². The van der Waals surface area contributed by atoms with Gasteiger partial charge in [0.15, 0.2) is 0 Å². The highest BCUT2D eigenvalue weighted by molar-refractivity contribution is 5.89. The second-order valence-corrected chi connectivity index (χ2v) is 8.30. The average molecular weight is 506 g/mol. The highest BCUT2D eigenvalue weighted by atomic mass is 35.5. The first kappa shape index (κ1) is 26.7. The molecule has 4 rings (SSSR count). The summed E-state index contributed by atoms with van der Waals surface area (Å²) in [6.45, 7) is 7.54. The van der Waals surface area contributed by atoms with Crippen LogP contribution in [0.15, 0.2) is 23.0 Å². The van der Waals surface area contributed by atoms with Gasteiger partial charge in [0, 0.05) is 31.3 Å². The Morgan fingerprint density at radius 3 is 2.37 bits per heavy atom. The van der Waals surface area contributed by atoms with E-state index in [0.717, 1.165) is 41.1 Å². The van der Waals surface area contributed by atoms with Gasteiger partial charge < -0.3 is 29.0 Å². The molecule has 0 atom stereocenters. The number of aryl methyl sites for hydroxylation is 2. The molecule has 190 valence electrons. The number of ether oxygens (including phenoxy) is 4. The molecule has 9 nitrogen and oxygen atoms in total. The molecule has 0 radical (unpaired) electrons. The van der Waals surface area contributed by atoms with E-state index in [1.54, 1.807) is 20.3 Å². The van der Waals surface area contributed by atoms with Gasteiger partial charge in [0.25, 0.3) is 5.56 Å². The van der Waals surface area contributed by atoms with Crippen molar-refractivity contribution in [1.29, 1.82) is 0 Å². The molecule has 0 saturated carbocycles. The topological polar surface area (TPSA) is 106 Å². The number of fused-ring (bicyclic) bond motifs is 1. The summed E-state index contributed by atoms with van der Waals surface area (Å²) in [7, 11) is 3.16. The minimum atomic E-state index is -0.279. The molecule has 0 unspecified atom stereocenters. The van der Waals surface area contributed by atoms with Crippen molar-refractivity contribution in [3.05, 3.63) is 45.2 Å². The van der Waals surface area contributed by atoms with E-state index in [1.807, 2.05) is 26.0 Å². The summed E-state index contributed by atoms with van der Waals surface area (Å²) >= 11 is 0. The van der Waals surface area contributed by atoms with Crippen LogP contribution in [-0.2, 0) is 11.3 Å². The average Bonchev–Trinajstić information content (AvgIpc) is 2.83. The van der Waals surface area contributed by atoms with Crippen molar-refractivity contribution in [2.45, 2.75) is 20.4 Å². The summed E-state index contributed by atoms with van der Waals surface area (Å²) in [6.07, 6.45) is 0. The predicted molar refractivity (Wildman–Crippen MR) is 136 cm³/mol. The first-order chi connectivity index (χ1) is 16.5. The quantitative estimate of drug-likeness (QED) is 0.481. The van der Waals surface area contributed by atoms with Crippen molar-refractivity contribution >= 4 is 23.3 Å². The highest BCUT2D eigenvalue weighted by Crippen LogP contribution is 2.37. The molecule has 1 fully saturated rings. The van der Waals surface area contributed by atoms with Gasteiger partial charge in [-0.25, -0.2) is 4.98 Å². The van der Waals surface area contributed by atoms with E-state index in [4.69, 9.17) is 29.0 Å². The standard InChI is InChI=1S/C25H31N3O6.ClH/c1-15-11-17(12-16(2)22(15)34-10-7-29)24-26-19-13-20(31-3)18(14-28-5-8-33-9-6-28)23(32-4)21(19)25(30)27-24;/h11-13,29H,5-10,14H2,1-4H3,(H,26,27,30);1H. The summed E-state index contributed by atoms with van der Waals surface area (Å²) in [4.78, 5) is 23.2. The number of aromatic amines is 1. The number of hydrogen-bond donors (Lipinski definition) is 2. The summed E-state index contributed by atoms with van der Waals surface area (Å²) in [5.41, 5.74) is 3.58. The Balaban J connectivity index is 0.00000342. The van der Waals surface area contributed by atoms with Gasteiger partial charge >= 0.3 is 0 Å². The third kappa shape index (κ3) is 5.54. The number of aliphatic hydroxyl groups is 1. The number of hydrogen-bond acceptors (Lipinski definition) is 8. The fourth-order valence-corrected chi connectivity index (χ4v) is 4.43. The van der Waals surface area contributed by atoms with Crippen molar-refractivity contribution in [2.75, 3.05) is 53.7 Å². The zero-order chi connectivity index (χ0) is 24.2. The number of benzene rings is 2. The maximum Gasteiger partial charge on any atom is 0.262 e. The minimum Gasteiger partial charge on any atom is -0.496 e. The Kier molecular flexibility index (Phi) is 8.96. The number of aliphatic hydroxyl groups excluding tert-OH is 1. The number of H-pyrrole nitrogens is 1. The molecule has 0 aliphatic carbocycles. The normalized spacial score (nSPS) is 14.0. The lowest BCUT2D eigenvalue weighted by atomic mass is 10.0. The van der Waals surface area contributed by atoms with Gasteiger partial charge in [0.2, 0.25) is 0 Å². The molecule has 0 amide bonds. The number of halogens is 1. The van der Waals surface area contributed by atoms with Crippen molar-refractivity contribution in [2.24, 2.45) is 0 Å². The number of rotatable bonds is 8. The fourth-order valence-electron chi connectivity index (χ4n) is 4.43. The van der Waals surface area contributed by atoms with Crippen molar-refractivity contribution in [1.82, 2.24) is 14.9 Å². The van der Waals surface area contributed by atoms with Crippen LogP contribution in [0.2, 0.25) is 0 Å². The summed E-state index contributed by atoms with van der Waals surface area (Å²) in [6, 6.07) is 5.61. The maximum atomic E-state index is 13.3. The van der Waals surface area contributed by atoms with Gasteiger partial charge in [-0.2, -0.15) is 0 Å². The van der Waals surface area contributed by atoms with Gasteiger partial charge in [-0.15, -0.1) is 12.4 Å². The molecule has 0 bridgehead atoms. The van der Waals surface area contributed by atoms with Gasteiger partial charge in [-0.1, -0.05) is 0 Å². The van der Waals surface area contributed by atoms with Gasteiger partial charge in [-0.05, 0) is 37.1 Å². The van der Waals surface area contributed by atoms with Crippen LogP contribution in [-0.4, -0.2) is 73.7 Å². The number of morpholine rings is 1. The van der Waals surface area contributed by atoms with Crippen LogP contribution < -0.4 is 19.8 Å². The largest absolute Gasteiger partial charge is 0.496 e. The minimum absolute atomic E-state index is 0. The van der Waals surface area contributed by atoms with Crippen LogP contribution in [0.1, 0.15) is 16.7 Å². The third-order valence-electron chi connectivity index (χ3n) is 5.99. The van der Waals surface area contributed by atoms with Crippen LogP contribution in [0.4, 0.5) is 0 Å². The smallest absolute Gasteiger partial charge is 0.262 e. The van der Waals surface area contributed by atoms with Gasteiger partial charge in [0.1, 0.15) is 35.1 Å². The lowest BCUT2D eigenvalue weighted by Gasteiger charge is -2.28. The molecular weight excluding hydrogens is 474 g/mol. The summed E-state index contributed by atoms with van der Waals surface area (Å²) < 4.78 is 22.5. The lowest BCUT2D eigenvalue weighted by molar-refractivity contribution is 0.0336. The zero-order valence-corrected chi connectivity index (χ0v) is 21.3. The molecule has 1 aliphatic heterocycles. The monoisotopic (exact) mass is 505 g/mol. The first-order valence-electron chi connectivity index (χ1n) is 11.3. The Morgan fingerprint density at radius 1 is 1.09 bits per heavy atom. The molecule has 1 aliphatic rings. The zero-order valence-electron chi connectivity index (χ0n) is 20.5. The van der Waals surface area contributed by atoms with Crippen LogP contribution in [0.3, 0.4) is 0 Å². The van der Waals surface area contributed by atoms with Crippen molar-refractivity contribution < 1.29 is 24.1 Å². The van der Waals surface area contributed by atoms with E-state index < -0.39 is 0 Å². The summed E-state index contributed by atoms with van der Waals surface area (Å²) in [5, 5.41) is 9.46. The summed E-state index contributed by atoms with van der Waals surface area (Å²) in [5.74, 6) is 2.26. The Hall–Kier alpha value is -2.85. The number of methoxy groups -OCH3 is 2. The Bertz CT molecular complexity index is 1220. The Morgan fingerprint density at radius 2 is 1.77 bits per heavy atom. The third-order valence-corrected chi connectivity index (χ3v) is 5.99. The molecule has 3 aromatic rings. The fraction of sp³-hybridized carbons (Fsp3) is 0.440. The van der Waals surface area contributed by atoms with Crippen molar-refractivity contribution in [3.63, 3.8) is 0 Å². The van der Waals surface area contributed by atoms with Gasteiger partial charge in [0.05, 0.1) is 45.1 Å². The predicted octanol–water partition coefficient (Wildman–Crippen LogP) is 2.85. The van der Waals surface area contributed by atoms with Crippen LogP contribution in [0, 0.1) is 13.8 Å². The second kappa shape index (κ2) is 11.7. The molecule has 2 N–H and O–H groups in total. The molecule has 2 aromatic carbocycles. The molecular formula is C25H32ClN3O6. The molecule has 0 spiro atoms. The van der Waals surface area contributed by atoms with E-state index in [9.17, 15) is 4.79 Å². The van der Waals surface area contributed by atoms with E-state index in [0.29, 0.717) is 48.0 Å². The van der Waals surface area contributed by atoms with Crippen molar-refractivity contribution in [3.8, 4) is 28.6 Å². The van der Waals surface area contributed by atoms with E-state index in [2.05, 4.69) is 9.88 Å². The van der Waals surface area contributed by atoms with E-state index in [-0.39, 0.29) is 31.2 Å². The first-order valence-corrected chi connectivity index (χ1v) is 11.3. The second-order valence-electron chi connectivity index (χ2n) is 8.30. The van der Waals surface area contributed by atoms with E-state index >= 15 is 0 Å². The molecule has 10 heteroatoms. The lowest BCUT2D eigenvalue weighted by Crippen LogP contribution is -2.35. The Labute approximate surface area is 210 Å². The van der Waals surface area contributed by atoms with Crippen LogP contribution in [0.25, 0.3) is 22.3 Å². The maximum absolute atomic E-state index is 13.3. The molecule has 2 heterocycles. The number of aromatic nitrogens is 2.